The SMILES string of the molecule is CC[C@H](N)c1ccc(OCCC2CC2)cc1. The smallest absolute Gasteiger partial charge is 0.119 e. The summed E-state index contributed by atoms with van der Waals surface area (Å²) >= 11 is 0. The Balaban J connectivity index is 1.80. The lowest BCUT2D eigenvalue weighted by Gasteiger charge is -2.10. The molecule has 1 aromatic rings. The van der Waals surface area contributed by atoms with E-state index in [2.05, 4.69) is 19.1 Å². The molecule has 2 N–H and O–H groups in total. The van der Waals surface area contributed by atoms with Crippen LogP contribution in [0.3, 0.4) is 0 Å². The number of rotatable bonds is 6. The Morgan fingerprint density at radius 3 is 2.56 bits per heavy atom. The van der Waals surface area contributed by atoms with Gasteiger partial charge in [0.15, 0.2) is 0 Å². The second-order valence-corrected chi connectivity index (χ2v) is 4.66. The molecule has 1 aromatic carbocycles. The maximum absolute atomic E-state index is 5.95. The van der Waals surface area contributed by atoms with E-state index in [-0.39, 0.29) is 6.04 Å². The van der Waals surface area contributed by atoms with Gasteiger partial charge < -0.3 is 10.5 Å². The van der Waals surface area contributed by atoms with Crippen LogP contribution in [0.2, 0.25) is 0 Å². The molecule has 2 rings (SSSR count). The van der Waals surface area contributed by atoms with Crippen molar-refractivity contribution in [1.82, 2.24) is 0 Å². The van der Waals surface area contributed by atoms with Crippen molar-refractivity contribution in [3.8, 4) is 5.75 Å². The highest BCUT2D eigenvalue weighted by Crippen LogP contribution is 2.32. The molecule has 0 unspecified atom stereocenters. The minimum Gasteiger partial charge on any atom is -0.494 e. The summed E-state index contributed by atoms with van der Waals surface area (Å²) in [5.41, 5.74) is 7.14. The quantitative estimate of drug-likeness (QED) is 0.797. The van der Waals surface area contributed by atoms with E-state index >= 15 is 0 Å². The second-order valence-electron chi connectivity index (χ2n) is 4.66. The van der Waals surface area contributed by atoms with Crippen LogP contribution in [0.1, 0.15) is 44.2 Å². The normalized spacial score (nSPS) is 17.1. The fraction of sp³-hybridized carbons (Fsp3) is 0.571. The van der Waals surface area contributed by atoms with Crippen molar-refractivity contribution in [2.75, 3.05) is 6.61 Å². The molecule has 0 amide bonds. The van der Waals surface area contributed by atoms with E-state index in [1.54, 1.807) is 0 Å². The van der Waals surface area contributed by atoms with Crippen LogP contribution in [0.15, 0.2) is 24.3 Å². The summed E-state index contributed by atoms with van der Waals surface area (Å²) in [5, 5.41) is 0. The highest BCUT2D eigenvalue weighted by Gasteiger charge is 2.20. The van der Waals surface area contributed by atoms with Crippen LogP contribution in [-0.4, -0.2) is 6.61 Å². The number of hydrogen-bond donors (Lipinski definition) is 1. The van der Waals surface area contributed by atoms with E-state index in [1.807, 2.05) is 12.1 Å². The van der Waals surface area contributed by atoms with E-state index in [4.69, 9.17) is 10.5 Å². The van der Waals surface area contributed by atoms with Crippen LogP contribution in [0, 0.1) is 5.92 Å². The van der Waals surface area contributed by atoms with Gasteiger partial charge in [-0.2, -0.15) is 0 Å². The number of nitrogens with two attached hydrogens (primary N) is 1. The summed E-state index contributed by atoms with van der Waals surface area (Å²) in [6.45, 7) is 2.95. The average Bonchev–Trinajstić information content (AvgIpc) is 3.13. The molecule has 2 heteroatoms. The Bertz CT molecular complexity index is 316. The summed E-state index contributed by atoms with van der Waals surface area (Å²) in [6, 6.07) is 8.34. The summed E-state index contributed by atoms with van der Waals surface area (Å²) in [4.78, 5) is 0. The molecule has 1 atom stereocenters. The van der Waals surface area contributed by atoms with Crippen molar-refractivity contribution in [2.45, 2.75) is 38.6 Å². The van der Waals surface area contributed by atoms with Crippen LogP contribution in [-0.2, 0) is 0 Å². The number of ether oxygens (including phenoxy) is 1. The van der Waals surface area contributed by atoms with Crippen molar-refractivity contribution in [2.24, 2.45) is 11.7 Å². The lowest BCUT2D eigenvalue weighted by molar-refractivity contribution is 0.302. The number of hydrogen-bond acceptors (Lipinski definition) is 2. The highest BCUT2D eigenvalue weighted by molar-refractivity contribution is 5.28. The molecule has 2 nitrogen and oxygen atoms in total. The van der Waals surface area contributed by atoms with Gasteiger partial charge in [-0.15, -0.1) is 0 Å². The third-order valence-electron chi connectivity index (χ3n) is 3.24. The zero-order chi connectivity index (χ0) is 11.4. The van der Waals surface area contributed by atoms with Crippen LogP contribution < -0.4 is 10.5 Å². The van der Waals surface area contributed by atoms with Gasteiger partial charge in [-0.05, 0) is 36.5 Å². The molecule has 0 bridgehead atoms. The highest BCUT2D eigenvalue weighted by atomic mass is 16.5. The summed E-state index contributed by atoms with van der Waals surface area (Å²) < 4.78 is 5.68. The molecule has 0 spiro atoms. The first-order valence-corrected chi connectivity index (χ1v) is 6.28. The van der Waals surface area contributed by atoms with Crippen molar-refractivity contribution >= 4 is 0 Å². The standard InChI is InChI=1S/C14H21NO/c1-2-14(15)12-5-7-13(8-6-12)16-10-9-11-3-4-11/h5-8,11,14H,2-4,9-10,15H2,1H3/t14-/m0/s1. The molecule has 0 aliphatic heterocycles. The van der Waals surface area contributed by atoms with Crippen LogP contribution >= 0.6 is 0 Å². The maximum atomic E-state index is 5.95. The van der Waals surface area contributed by atoms with Crippen LogP contribution in [0.25, 0.3) is 0 Å². The molecule has 0 aromatic heterocycles. The van der Waals surface area contributed by atoms with E-state index in [0.717, 1.165) is 24.7 Å². The van der Waals surface area contributed by atoms with Gasteiger partial charge in [-0.3, -0.25) is 0 Å². The van der Waals surface area contributed by atoms with E-state index in [1.165, 1.54) is 24.8 Å². The van der Waals surface area contributed by atoms with Gasteiger partial charge >= 0.3 is 0 Å². The second kappa shape index (κ2) is 5.35. The van der Waals surface area contributed by atoms with Gasteiger partial charge in [-0.1, -0.05) is 31.9 Å². The lowest BCUT2D eigenvalue weighted by atomic mass is 10.1. The third kappa shape index (κ3) is 3.24. The van der Waals surface area contributed by atoms with Gasteiger partial charge in [0.05, 0.1) is 6.61 Å². The summed E-state index contributed by atoms with van der Waals surface area (Å²) in [6.07, 6.45) is 4.97. The average molecular weight is 219 g/mol. The first-order valence-electron chi connectivity index (χ1n) is 6.28. The molecule has 0 radical (unpaired) electrons. The molecule has 0 saturated heterocycles. The minimum atomic E-state index is 0.153. The van der Waals surface area contributed by atoms with Gasteiger partial charge in [0.2, 0.25) is 0 Å². The fourth-order valence-corrected chi connectivity index (χ4v) is 1.80. The molecular weight excluding hydrogens is 198 g/mol. The fourth-order valence-electron chi connectivity index (χ4n) is 1.80. The van der Waals surface area contributed by atoms with Gasteiger partial charge in [0.25, 0.3) is 0 Å². The Kier molecular flexibility index (Phi) is 3.83. The van der Waals surface area contributed by atoms with Crippen molar-refractivity contribution in [3.63, 3.8) is 0 Å². The molecule has 1 aliphatic carbocycles. The zero-order valence-corrected chi connectivity index (χ0v) is 9.99. The zero-order valence-electron chi connectivity index (χ0n) is 9.99. The van der Waals surface area contributed by atoms with Gasteiger partial charge in [0.1, 0.15) is 5.75 Å². The first-order chi connectivity index (χ1) is 7.79. The Labute approximate surface area is 97.8 Å². The molecule has 88 valence electrons. The van der Waals surface area contributed by atoms with Crippen LogP contribution in [0.4, 0.5) is 0 Å². The largest absolute Gasteiger partial charge is 0.494 e. The van der Waals surface area contributed by atoms with Crippen molar-refractivity contribution < 1.29 is 4.74 Å². The molecule has 16 heavy (non-hydrogen) atoms. The topological polar surface area (TPSA) is 35.2 Å². The molecule has 0 heterocycles. The summed E-state index contributed by atoms with van der Waals surface area (Å²) in [7, 11) is 0. The number of benzene rings is 1. The van der Waals surface area contributed by atoms with Gasteiger partial charge in [0, 0.05) is 6.04 Å². The predicted molar refractivity (Wildman–Crippen MR) is 66.5 cm³/mol. The molecular formula is C14H21NO. The molecule has 1 aliphatic rings. The maximum Gasteiger partial charge on any atom is 0.119 e. The Morgan fingerprint density at radius 2 is 2.00 bits per heavy atom. The van der Waals surface area contributed by atoms with Crippen molar-refractivity contribution in [3.05, 3.63) is 29.8 Å². The van der Waals surface area contributed by atoms with E-state index in [9.17, 15) is 0 Å². The Hall–Kier alpha value is -1.02. The summed E-state index contributed by atoms with van der Waals surface area (Å²) in [5.74, 6) is 1.90. The Morgan fingerprint density at radius 1 is 1.31 bits per heavy atom. The van der Waals surface area contributed by atoms with E-state index < -0.39 is 0 Å². The van der Waals surface area contributed by atoms with Gasteiger partial charge in [-0.25, -0.2) is 0 Å². The van der Waals surface area contributed by atoms with Crippen molar-refractivity contribution in [1.29, 1.82) is 0 Å². The predicted octanol–water partition coefficient (Wildman–Crippen LogP) is 3.28. The molecule has 1 saturated carbocycles. The minimum absolute atomic E-state index is 0.153. The lowest BCUT2D eigenvalue weighted by Crippen LogP contribution is -2.08. The molecule has 1 fully saturated rings. The van der Waals surface area contributed by atoms with Crippen LogP contribution in [0.5, 0.6) is 5.75 Å². The first kappa shape index (κ1) is 11.5. The van der Waals surface area contributed by atoms with E-state index in [0.29, 0.717) is 0 Å². The third-order valence-corrected chi connectivity index (χ3v) is 3.24. The monoisotopic (exact) mass is 219 g/mol.